The molecule has 0 radical (unpaired) electrons. The van der Waals surface area contributed by atoms with Crippen molar-refractivity contribution in [3.05, 3.63) is 46.5 Å². The summed E-state index contributed by atoms with van der Waals surface area (Å²) in [6.45, 7) is 8.05. The first kappa shape index (κ1) is 10.3. The molecule has 70 valence electrons. The van der Waals surface area contributed by atoms with Gasteiger partial charge in [0.05, 0.1) is 0 Å². The van der Waals surface area contributed by atoms with Crippen molar-refractivity contribution in [2.75, 3.05) is 0 Å². The SMILES string of the molecule is C=C(C)CCc1ccc(Cl)cc1C. The lowest BCUT2D eigenvalue weighted by Crippen LogP contribution is -1.89. The van der Waals surface area contributed by atoms with E-state index in [1.807, 2.05) is 12.1 Å². The monoisotopic (exact) mass is 194 g/mol. The second-order valence-corrected chi connectivity index (χ2v) is 3.96. The first-order chi connectivity index (χ1) is 6.09. The normalized spacial score (nSPS) is 10.1. The Kier molecular flexibility index (Phi) is 3.56. The van der Waals surface area contributed by atoms with Crippen LogP contribution in [-0.4, -0.2) is 0 Å². The lowest BCUT2D eigenvalue weighted by molar-refractivity contribution is 0.936. The Labute approximate surface area is 85.2 Å². The van der Waals surface area contributed by atoms with Crippen molar-refractivity contribution < 1.29 is 0 Å². The van der Waals surface area contributed by atoms with Gasteiger partial charge >= 0.3 is 0 Å². The summed E-state index contributed by atoms with van der Waals surface area (Å²) in [4.78, 5) is 0. The van der Waals surface area contributed by atoms with Crippen LogP contribution in [0.4, 0.5) is 0 Å². The molecular formula is C12H15Cl. The van der Waals surface area contributed by atoms with E-state index in [9.17, 15) is 0 Å². The van der Waals surface area contributed by atoms with Crippen molar-refractivity contribution in [2.45, 2.75) is 26.7 Å². The summed E-state index contributed by atoms with van der Waals surface area (Å²) in [5.41, 5.74) is 3.87. The van der Waals surface area contributed by atoms with Crippen LogP contribution in [0, 0.1) is 6.92 Å². The molecule has 0 bridgehead atoms. The molecule has 0 aliphatic carbocycles. The maximum absolute atomic E-state index is 5.86. The van der Waals surface area contributed by atoms with Gasteiger partial charge in [-0.2, -0.15) is 0 Å². The quantitative estimate of drug-likeness (QED) is 0.634. The van der Waals surface area contributed by atoms with E-state index in [1.54, 1.807) is 0 Å². The molecule has 13 heavy (non-hydrogen) atoms. The second-order valence-electron chi connectivity index (χ2n) is 3.53. The van der Waals surface area contributed by atoms with Gasteiger partial charge in [-0.1, -0.05) is 23.2 Å². The van der Waals surface area contributed by atoms with Crippen molar-refractivity contribution in [1.82, 2.24) is 0 Å². The number of halogens is 1. The molecule has 0 nitrogen and oxygen atoms in total. The molecule has 1 aromatic carbocycles. The molecule has 0 saturated heterocycles. The predicted molar refractivity (Wildman–Crippen MR) is 59.3 cm³/mol. The van der Waals surface area contributed by atoms with E-state index in [0.717, 1.165) is 17.9 Å². The summed E-state index contributed by atoms with van der Waals surface area (Å²) in [6.07, 6.45) is 2.13. The van der Waals surface area contributed by atoms with Gasteiger partial charge in [-0.3, -0.25) is 0 Å². The van der Waals surface area contributed by atoms with Crippen LogP contribution >= 0.6 is 11.6 Å². The molecule has 0 N–H and O–H groups in total. The first-order valence-corrected chi connectivity index (χ1v) is 4.87. The molecule has 0 aromatic heterocycles. The number of allylic oxidation sites excluding steroid dienone is 1. The van der Waals surface area contributed by atoms with Crippen molar-refractivity contribution in [3.8, 4) is 0 Å². The molecule has 0 saturated carbocycles. The molecule has 0 amide bonds. The van der Waals surface area contributed by atoms with Crippen LogP contribution in [0.3, 0.4) is 0 Å². The maximum atomic E-state index is 5.86. The molecule has 1 heteroatoms. The number of hydrogen-bond acceptors (Lipinski definition) is 0. The highest BCUT2D eigenvalue weighted by molar-refractivity contribution is 6.30. The second kappa shape index (κ2) is 4.48. The van der Waals surface area contributed by atoms with Gasteiger partial charge < -0.3 is 0 Å². The Bertz CT molecular complexity index is 313. The third-order valence-electron chi connectivity index (χ3n) is 2.13. The van der Waals surface area contributed by atoms with E-state index in [0.29, 0.717) is 0 Å². The molecule has 0 unspecified atom stereocenters. The van der Waals surface area contributed by atoms with Crippen LogP contribution in [0.25, 0.3) is 0 Å². The molecule has 0 atom stereocenters. The maximum Gasteiger partial charge on any atom is 0.0408 e. The number of hydrogen-bond donors (Lipinski definition) is 0. The highest BCUT2D eigenvalue weighted by Crippen LogP contribution is 2.17. The standard InChI is InChI=1S/C12H15Cl/c1-9(2)4-5-11-6-7-12(13)8-10(11)3/h6-8H,1,4-5H2,2-3H3. The van der Waals surface area contributed by atoms with Crippen LogP contribution in [0.5, 0.6) is 0 Å². The molecule has 1 aromatic rings. The van der Waals surface area contributed by atoms with Gasteiger partial charge in [-0.15, -0.1) is 6.58 Å². The summed E-state index contributed by atoms with van der Waals surface area (Å²) < 4.78 is 0. The zero-order valence-electron chi connectivity index (χ0n) is 8.23. The third-order valence-corrected chi connectivity index (χ3v) is 2.36. The number of aryl methyl sites for hydroxylation is 2. The molecule has 0 heterocycles. The fraction of sp³-hybridized carbons (Fsp3) is 0.333. The van der Waals surface area contributed by atoms with Crippen molar-refractivity contribution in [1.29, 1.82) is 0 Å². The predicted octanol–water partition coefficient (Wildman–Crippen LogP) is 4.16. The van der Waals surface area contributed by atoms with Crippen molar-refractivity contribution in [3.63, 3.8) is 0 Å². The van der Waals surface area contributed by atoms with Crippen LogP contribution in [0.15, 0.2) is 30.4 Å². The number of rotatable bonds is 3. The summed E-state index contributed by atoms with van der Waals surface area (Å²) in [5.74, 6) is 0. The minimum atomic E-state index is 0.816. The topological polar surface area (TPSA) is 0 Å². The largest absolute Gasteiger partial charge is 0.100 e. The van der Waals surface area contributed by atoms with E-state index >= 15 is 0 Å². The summed E-state index contributed by atoms with van der Waals surface area (Å²) in [7, 11) is 0. The molecule has 0 fully saturated rings. The first-order valence-electron chi connectivity index (χ1n) is 4.49. The highest BCUT2D eigenvalue weighted by Gasteiger charge is 1.98. The number of benzene rings is 1. The van der Waals surface area contributed by atoms with E-state index in [1.165, 1.54) is 16.7 Å². The summed E-state index contributed by atoms with van der Waals surface area (Å²) >= 11 is 5.86. The third kappa shape index (κ3) is 3.23. The van der Waals surface area contributed by atoms with Gasteiger partial charge in [0.25, 0.3) is 0 Å². The van der Waals surface area contributed by atoms with E-state index in [2.05, 4.69) is 26.5 Å². The van der Waals surface area contributed by atoms with Crippen LogP contribution in [0.1, 0.15) is 24.5 Å². The zero-order valence-corrected chi connectivity index (χ0v) is 8.99. The van der Waals surface area contributed by atoms with E-state index < -0.39 is 0 Å². The Balaban J connectivity index is 2.72. The van der Waals surface area contributed by atoms with Crippen LogP contribution in [-0.2, 0) is 6.42 Å². The average Bonchev–Trinajstić information content (AvgIpc) is 2.02. The summed E-state index contributed by atoms with van der Waals surface area (Å²) in [6, 6.07) is 6.05. The van der Waals surface area contributed by atoms with Crippen molar-refractivity contribution in [2.24, 2.45) is 0 Å². The van der Waals surface area contributed by atoms with Gasteiger partial charge in [-0.05, 0) is 49.9 Å². The Morgan fingerprint density at radius 1 is 1.46 bits per heavy atom. The zero-order chi connectivity index (χ0) is 9.84. The molecule has 0 spiro atoms. The van der Waals surface area contributed by atoms with Crippen LogP contribution < -0.4 is 0 Å². The Morgan fingerprint density at radius 3 is 2.69 bits per heavy atom. The molecular weight excluding hydrogens is 180 g/mol. The van der Waals surface area contributed by atoms with Gasteiger partial charge in [0.1, 0.15) is 0 Å². The van der Waals surface area contributed by atoms with Gasteiger partial charge in [0.15, 0.2) is 0 Å². The highest BCUT2D eigenvalue weighted by atomic mass is 35.5. The Morgan fingerprint density at radius 2 is 2.15 bits per heavy atom. The van der Waals surface area contributed by atoms with Crippen LogP contribution in [0.2, 0.25) is 5.02 Å². The minimum Gasteiger partial charge on any atom is -0.100 e. The summed E-state index contributed by atoms with van der Waals surface area (Å²) in [5, 5.41) is 0.816. The smallest absolute Gasteiger partial charge is 0.0408 e. The molecule has 1 rings (SSSR count). The van der Waals surface area contributed by atoms with Gasteiger partial charge in [0, 0.05) is 5.02 Å². The molecule has 0 aliphatic rings. The lowest BCUT2D eigenvalue weighted by Gasteiger charge is -2.05. The van der Waals surface area contributed by atoms with E-state index in [-0.39, 0.29) is 0 Å². The molecule has 0 aliphatic heterocycles. The fourth-order valence-corrected chi connectivity index (χ4v) is 1.51. The minimum absolute atomic E-state index is 0.816. The van der Waals surface area contributed by atoms with Gasteiger partial charge in [0.2, 0.25) is 0 Å². The Hall–Kier alpha value is -0.750. The van der Waals surface area contributed by atoms with Gasteiger partial charge in [-0.25, -0.2) is 0 Å². The van der Waals surface area contributed by atoms with E-state index in [4.69, 9.17) is 11.6 Å². The average molecular weight is 195 g/mol. The fourth-order valence-electron chi connectivity index (χ4n) is 1.29. The lowest BCUT2D eigenvalue weighted by atomic mass is 10.0. The van der Waals surface area contributed by atoms with Crippen molar-refractivity contribution >= 4 is 11.6 Å².